The molecular weight excluding hydrogens is 451 g/mol. The number of hydrogen-bond donors (Lipinski definition) is 1. The zero-order chi connectivity index (χ0) is 22.1. The van der Waals surface area contributed by atoms with Gasteiger partial charge in [0.1, 0.15) is 10.6 Å². The average Bonchev–Trinajstić information content (AvgIpc) is 2.94. The summed E-state index contributed by atoms with van der Waals surface area (Å²) in [5, 5.41) is 3.83. The van der Waals surface area contributed by atoms with Gasteiger partial charge in [-0.2, -0.15) is 0 Å². The number of benzene rings is 3. The molecule has 1 aliphatic rings. The smallest absolute Gasteiger partial charge is 0.283 e. The topological polar surface area (TPSA) is 49.4 Å². The fourth-order valence-electron chi connectivity index (χ4n) is 3.12. The van der Waals surface area contributed by atoms with E-state index < -0.39 is 11.8 Å². The van der Waals surface area contributed by atoms with Crippen LogP contribution >= 0.6 is 35.0 Å². The Balaban J connectivity index is 1.75. The maximum absolute atomic E-state index is 13.4. The summed E-state index contributed by atoms with van der Waals surface area (Å²) in [6.45, 7) is 3.98. The van der Waals surface area contributed by atoms with Crippen molar-refractivity contribution in [1.29, 1.82) is 0 Å². The third-order valence-corrected chi connectivity index (χ3v) is 6.24. The molecule has 3 aromatic carbocycles. The minimum atomic E-state index is -0.460. The number of carbonyl (C=O) groups is 2. The van der Waals surface area contributed by atoms with Crippen molar-refractivity contribution >= 4 is 58.2 Å². The number of rotatable bonds is 5. The summed E-state index contributed by atoms with van der Waals surface area (Å²) in [6.07, 6.45) is 0. The standard InChI is InChI=1S/C24H18Cl2N2O2S/c1-14-3-7-18(8-4-14)27-21-22(31-20-9-5-15(2)6-10-20)24(30)28(23(21)29)19-12-16(25)11-17(26)13-19/h3-13,27H,1-2H3. The third kappa shape index (κ3) is 4.64. The van der Waals surface area contributed by atoms with Crippen LogP contribution in [0.5, 0.6) is 0 Å². The maximum atomic E-state index is 13.4. The molecule has 4 rings (SSSR count). The van der Waals surface area contributed by atoms with E-state index in [1.165, 1.54) is 11.8 Å². The Bertz CT molecular complexity index is 1120. The van der Waals surface area contributed by atoms with Gasteiger partial charge in [-0.15, -0.1) is 0 Å². The van der Waals surface area contributed by atoms with Crippen LogP contribution in [0.3, 0.4) is 0 Å². The van der Waals surface area contributed by atoms with Crippen LogP contribution in [0.25, 0.3) is 0 Å². The Morgan fingerprint density at radius 1 is 0.774 bits per heavy atom. The number of anilines is 2. The number of amides is 2. The van der Waals surface area contributed by atoms with Crippen molar-refractivity contribution in [3.63, 3.8) is 0 Å². The Labute approximate surface area is 194 Å². The molecule has 0 saturated carbocycles. The zero-order valence-corrected chi connectivity index (χ0v) is 19.1. The SMILES string of the molecule is Cc1ccc(NC2=C(Sc3ccc(C)cc3)C(=O)N(c3cc(Cl)cc(Cl)c3)C2=O)cc1. The molecule has 156 valence electrons. The summed E-state index contributed by atoms with van der Waals surface area (Å²) in [5.74, 6) is -0.887. The fourth-order valence-corrected chi connectivity index (χ4v) is 4.56. The highest BCUT2D eigenvalue weighted by Gasteiger charge is 2.40. The number of carbonyl (C=O) groups excluding carboxylic acids is 2. The minimum Gasteiger partial charge on any atom is -0.350 e. The normalized spacial score (nSPS) is 13.9. The summed E-state index contributed by atoms with van der Waals surface area (Å²) >= 11 is 13.5. The van der Waals surface area contributed by atoms with Crippen LogP contribution in [0.4, 0.5) is 11.4 Å². The van der Waals surface area contributed by atoms with E-state index >= 15 is 0 Å². The number of halogens is 2. The zero-order valence-electron chi connectivity index (χ0n) is 16.8. The molecule has 7 heteroatoms. The molecule has 0 aliphatic carbocycles. The molecule has 0 radical (unpaired) electrons. The Morgan fingerprint density at radius 2 is 1.32 bits per heavy atom. The molecule has 0 aromatic heterocycles. The molecule has 0 fully saturated rings. The van der Waals surface area contributed by atoms with Crippen molar-refractivity contribution in [2.24, 2.45) is 0 Å². The highest BCUT2D eigenvalue weighted by Crippen LogP contribution is 2.39. The number of hydrogen-bond acceptors (Lipinski definition) is 4. The molecule has 0 unspecified atom stereocenters. The second-order valence-corrected chi connectivity index (χ2v) is 9.14. The summed E-state index contributed by atoms with van der Waals surface area (Å²) in [4.78, 5) is 29.0. The quantitative estimate of drug-likeness (QED) is 0.428. The lowest BCUT2D eigenvalue weighted by atomic mass is 10.2. The molecule has 3 aromatic rings. The van der Waals surface area contributed by atoms with Gasteiger partial charge >= 0.3 is 0 Å². The van der Waals surface area contributed by atoms with Gasteiger partial charge in [0.05, 0.1) is 5.69 Å². The fraction of sp³-hybridized carbons (Fsp3) is 0.0833. The molecule has 1 N–H and O–H groups in total. The van der Waals surface area contributed by atoms with E-state index in [9.17, 15) is 9.59 Å². The Kier molecular flexibility index (Phi) is 6.10. The predicted octanol–water partition coefficient (Wildman–Crippen LogP) is 6.60. The van der Waals surface area contributed by atoms with Crippen LogP contribution < -0.4 is 10.2 Å². The minimum absolute atomic E-state index is 0.218. The Hall–Kier alpha value is -2.73. The van der Waals surface area contributed by atoms with Crippen molar-refractivity contribution in [1.82, 2.24) is 0 Å². The average molecular weight is 469 g/mol. The first-order valence-electron chi connectivity index (χ1n) is 9.49. The molecule has 1 heterocycles. The van der Waals surface area contributed by atoms with Crippen LogP contribution in [0.2, 0.25) is 10.0 Å². The second-order valence-electron chi connectivity index (χ2n) is 7.18. The lowest BCUT2D eigenvalue weighted by Crippen LogP contribution is -2.32. The number of imide groups is 1. The third-order valence-electron chi connectivity index (χ3n) is 4.71. The van der Waals surface area contributed by atoms with Crippen LogP contribution in [0.1, 0.15) is 11.1 Å². The molecule has 1 aliphatic heterocycles. The molecule has 0 saturated heterocycles. The van der Waals surface area contributed by atoms with Crippen LogP contribution in [-0.2, 0) is 9.59 Å². The monoisotopic (exact) mass is 468 g/mol. The van der Waals surface area contributed by atoms with Gasteiger partial charge in [-0.05, 0) is 56.3 Å². The van der Waals surface area contributed by atoms with E-state index in [0.717, 1.165) is 26.6 Å². The van der Waals surface area contributed by atoms with E-state index in [1.807, 2.05) is 62.4 Å². The van der Waals surface area contributed by atoms with Gasteiger partial charge in [0.2, 0.25) is 0 Å². The van der Waals surface area contributed by atoms with Gasteiger partial charge in [0.15, 0.2) is 0 Å². The van der Waals surface area contributed by atoms with E-state index in [1.54, 1.807) is 18.2 Å². The largest absolute Gasteiger partial charge is 0.350 e. The molecule has 0 atom stereocenters. The highest BCUT2D eigenvalue weighted by atomic mass is 35.5. The van der Waals surface area contributed by atoms with Crippen molar-refractivity contribution in [2.75, 3.05) is 10.2 Å². The summed E-state index contributed by atoms with van der Waals surface area (Å²) in [7, 11) is 0. The molecular formula is C24H18Cl2N2O2S. The Morgan fingerprint density at radius 3 is 1.90 bits per heavy atom. The summed E-state index contributed by atoms with van der Waals surface area (Å²) in [5.41, 5.74) is 3.47. The van der Waals surface area contributed by atoms with Crippen LogP contribution in [0, 0.1) is 13.8 Å². The van der Waals surface area contributed by atoms with Crippen molar-refractivity contribution < 1.29 is 9.59 Å². The van der Waals surface area contributed by atoms with E-state index in [4.69, 9.17) is 23.2 Å². The summed E-state index contributed by atoms with van der Waals surface area (Å²) in [6, 6.07) is 20.0. The van der Waals surface area contributed by atoms with Crippen LogP contribution in [-0.4, -0.2) is 11.8 Å². The lowest BCUT2D eigenvalue weighted by Gasteiger charge is -2.16. The molecule has 0 spiro atoms. The molecule has 31 heavy (non-hydrogen) atoms. The first kappa shape index (κ1) is 21.5. The first-order valence-corrected chi connectivity index (χ1v) is 11.1. The second kappa shape index (κ2) is 8.79. The van der Waals surface area contributed by atoms with Gasteiger partial charge < -0.3 is 5.32 Å². The van der Waals surface area contributed by atoms with Gasteiger partial charge in [-0.25, -0.2) is 4.90 Å². The summed E-state index contributed by atoms with van der Waals surface area (Å²) < 4.78 is 0. The van der Waals surface area contributed by atoms with Gasteiger partial charge in [0.25, 0.3) is 11.8 Å². The van der Waals surface area contributed by atoms with E-state index in [2.05, 4.69) is 5.32 Å². The highest BCUT2D eigenvalue weighted by molar-refractivity contribution is 8.04. The maximum Gasteiger partial charge on any atom is 0.283 e. The number of nitrogens with zero attached hydrogens (tertiary/aromatic N) is 1. The molecule has 4 nitrogen and oxygen atoms in total. The van der Waals surface area contributed by atoms with Gasteiger partial charge in [0, 0.05) is 20.6 Å². The number of thioether (sulfide) groups is 1. The number of aryl methyl sites for hydroxylation is 2. The lowest BCUT2D eigenvalue weighted by molar-refractivity contribution is -0.120. The van der Waals surface area contributed by atoms with Gasteiger partial charge in [-0.3, -0.25) is 9.59 Å². The van der Waals surface area contributed by atoms with E-state index in [0.29, 0.717) is 20.6 Å². The predicted molar refractivity (Wildman–Crippen MR) is 128 cm³/mol. The van der Waals surface area contributed by atoms with E-state index in [-0.39, 0.29) is 5.70 Å². The first-order chi connectivity index (χ1) is 14.8. The number of nitrogens with one attached hydrogen (secondary N) is 1. The van der Waals surface area contributed by atoms with Gasteiger partial charge in [-0.1, -0.05) is 70.4 Å². The van der Waals surface area contributed by atoms with Crippen LogP contribution in [0.15, 0.2) is 82.2 Å². The molecule has 2 amide bonds. The van der Waals surface area contributed by atoms with Crippen molar-refractivity contribution in [3.05, 3.63) is 98.5 Å². The van der Waals surface area contributed by atoms with Crippen molar-refractivity contribution in [3.8, 4) is 0 Å². The van der Waals surface area contributed by atoms with Crippen molar-refractivity contribution in [2.45, 2.75) is 18.7 Å². The molecule has 0 bridgehead atoms.